The predicted molar refractivity (Wildman–Crippen MR) is 77.3 cm³/mol. The summed E-state index contributed by atoms with van der Waals surface area (Å²) >= 11 is 1.71. The Bertz CT molecular complexity index is 436. The molecule has 0 aliphatic heterocycles. The van der Waals surface area contributed by atoms with Crippen LogP contribution in [0, 0.1) is 11.8 Å². The van der Waals surface area contributed by atoms with Gasteiger partial charge in [0.05, 0.1) is 4.88 Å². The van der Waals surface area contributed by atoms with Crippen LogP contribution in [0.1, 0.15) is 47.3 Å². The molecule has 1 aromatic rings. The fraction of sp³-hybridized carbons (Fsp3) is 0.667. The second-order valence-electron chi connectivity index (χ2n) is 5.99. The van der Waals surface area contributed by atoms with Gasteiger partial charge in [-0.3, -0.25) is 4.79 Å². The molecule has 0 aromatic carbocycles. The van der Waals surface area contributed by atoms with Gasteiger partial charge >= 0.3 is 0 Å². The largest absolute Gasteiger partial charge is 0.341 e. The van der Waals surface area contributed by atoms with Crippen LogP contribution in [0.15, 0.2) is 6.07 Å². The molecule has 1 aliphatic rings. The molecule has 3 heteroatoms. The number of nitrogens with zero attached hydrogens (tertiary/aromatic N) is 1. The minimum atomic E-state index is 0.191. The van der Waals surface area contributed by atoms with E-state index in [1.165, 1.54) is 16.9 Å². The van der Waals surface area contributed by atoms with Gasteiger partial charge in [-0.2, -0.15) is 0 Å². The van der Waals surface area contributed by atoms with Crippen LogP contribution in [0.5, 0.6) is 0 Å². The maximum atomic E-state index is 12.3. The minimum absolute atomic E-state index is 0.191. The van der Waals surface area contributed by atoms with Gasteiger partial charge in [0.2, 0.25) is 0 Å². The third-order valence-corrected chi connectivity index (χ3v) is 4.75. The van der Waals surface area contributed by atoms with Crippen molar-refractivity contribution < 1.29 is 4.79 Å². The number of thiophene rings is 1. The number of amides is 1. The van der Waals surface area contributed by atoms with Gasteiger partial charge in [-0.25, -0.2) is 0 Å². The van der Waals surface area contributed by atoms with E-state index in [0.29, 0.717) is 5.92 Å². The number of aryl methyl sites for hydroxylation is 1. The molecule has 1 aromatic heterocycles. The maximum absolute atomic E-state index is 12.3. The third-order valence-electron chi connectivity index (χ3n) is 3.53. The second kappa shape index (κ2) is 5.43. The molecular formula is C15H23NOS. The molecule has 100 valence electrons. The molecule has 0 spiro atoms. The van der Waals surface area contributed by atoms with E-state index in [1.54, 1.807) is 11.3 Å². The topological polar surface area (TPSA) is 20.3 Å². The van der Waals surface area contributed by atoms with Gasteiger partial charge in [-0.05, 0) is 42.7 Å². The lowest BCUT2D eigenvalue weighted by Gasteiger charge is -2.18. The summed E-state index contributed by atoms with van der Waals surface area (Å²) < 4.78 is 0. The van der Waals surface area contributed by atoms with E-state index in [1.807, 2.05) is 11.9 Å². The van der Waals surface area contributed by atoms with Gasteiger partial charge in [0.15, 0.2) is 0 Å². The van der Waals surface area contributed by atoms with E-state index in [0.717, 1.165) is 30.2 Å². The van der Waals surface area contributed by atoms with Gasteiger partial charge in [0.25, 0.3) is 5.91 Å². The fourth-order valence-corrected chi connectivity index (χ4v) is 3.83. The lowest BCUT2D eigenvalue weighted by atomic mass is 9.90. The Morgan fingerprint density at radius 2 is 2.28 bits per heavy atom. The van der Waals surface area contributed by atoms with E-state index in [2.05, 4.69) is 26.8 Å². The molecule has 0 saturated carbocycles. The lowest BCUT2D eigenvalue weighted by molar-refractivity contribution is 0.0784. The Balaban J connectivity index is 2.12. The van der Waals surface area contributed by atoms with Crippen molar-refractivity contribution in [3.8, 4) is 0 Å². The van der Waals surface area contributed by atoms with Crippen LogP contribution in [-0.2, 0) is 12.8 Å². The molecule has 2 nitrogen and oxygen atoms in total. The van der Waals surface area contributed by atoms with Gasteiger partial charge in [0.1, 0.15) is 0 Å². The molecule has 0 N–H and O–H groups in total. The molecule has 1 aliphatic carbocycles. The molecule has 2 rings (SSSR count). The summed E-state index contributed by atoms with van der Waals surface area (Å²) in [6.07, 6.45) is 3.57. The highest BCUT2D eigenvalue weighted by Gasteiger charge is 2.22. The zero-order valence-electron chi connectivity index (χ0n) is 11.8. The van der Waals surface area contributed by atoms with Crippen LogP contribution in [0.25, 0.3) is 0 Å². The van der Waals surface area contributed by atoms with Gasteiger partial charge < -0.3 is 4.90 Å². The Morgan fingerprint density at radius 1 is 1.56 bits per heavy atom. The van der Waals surface area contributed by atoms with Crippen LogP contribution < -0.4 is 0 Å². The molecule has 1 unspecified atom stereocenters. The zero-order chi connectivity index (χ0) is 13.3. The first-order valence-corrected chi connectivity index (χ1v) is 7.66. The van der Waals surface area contributed by atoms with Gasteiger partial charge in [-0.1, -0.05) is 20.8 Å². The van der Waals surface area contributed by atoms with E-state index < -0.39 is 0 Å². The zero-order valence-corrected chi connectivity index (χ0v) is 12.6. The van der Waals surface area contributed by atoms with E-state index in [4.69, 9.17) is 0 Å². The van der Waals surface area contributed by atoms with Crippen LogP contribution in [0.4, 0.5) is 0 Å². The predicted octanol–water partition coefficient (Wildman–Crippen LogP) is 3.60. The summed E-state index contributed by atoms with van der Waals surface area (Å²) in [6, 6.07) is 2.13. The highest BCUT2D eigenvalue weighted by atomic mass is 32.1. The van der Waals surface area contributed by atoms with Crippen LogP contribution >= 0.6 is 11.3 Å². The minimum Gasteiger partial charge on any atom is -0.341 e. The average Bonchev–Trinajstić information content (AvgIpc) is 2.69. The lowest BCUT2D eigenvalue weighted by Crippen LogP contribution is -2.29. The second-order valence-corrected chi connectivity index (χ2v) is 7.12. The number of hydrogen-bond acceptors (Lipinski definition) is 2. The summed E-state index contributed by atoms with van der Waals surface area (Å²) in [5.74, 6) is 1.48. The van der Waals surface area contributed by atoms with Crippen molar-refractivity contribution >= 4 is 17.2 Å². The normalized spacial score (nSPS) is 18.8. The van der Waals surface area contributed by atoms with Crippen molar-refractivity contribution in [2.24, 2.45) is 11.8 Å². The average molecular weight is 265 g/mol. The standard InChI is InChI=1S/C15H23NOS/c1-10(2)9-16(4)15(17)14-8-12-7-11(3)5-6-13(12)18-14/h8,10-11H,5-7,9H2,1-4H3. The maximum Gasteiger partial charge on any atom is 0.263 e. The van der Waals surface area contributed by atoms with Crippen molar-refractivity contribution in [1.29, 1.82) is 0 Å². The van der Waals surface area contributed by atoms with Crippen LogP contribution in [-0.4, -0.2) is 24.4 Å². The van der Waals surface area contributed by atoms with Crippen molar-refractivity contribution in [3.05, 3.63) is 21.4 Å². The molecular weight excluding hydrogens is 242 g/mol. The molecule has 18 heavy (non-hydrogen) atoms. The quantitative estimate of drug-likeness (QED) is 0.817. The van der Waals surface area contributed by atoms with Crippen molar-refractivity contribution in [1.82, 2.24) is 4.90 Å². The van der Waals surface area contributed by atoms with Crippen molar-refractivity contribution in [2.45, 2.75) is 40.0 Å². The first-order valence-electron chi connectivity index (χ1n) is 6.84. The molecule has 0 fully saturated rings. The summed E-state index contributed by atoms with van der Waals surface area (Å²) in [5, 5.41) is 0. The molecule has 0 bridgehead atoms. The Morgan fingerprint density at radius 3 is 2.94 bits per heavy atom. The number of carbonyl (C=O) groups is 1. The summed E-state index contributed by atoms with van der Waals surface area (Å²) in [7, 11) is 1.91. The molecule has 1 amide bonds. The van der Waals surface area contributed by atoms with Crippen LogP contribution in [0.3, 0.4) is 0 Å². The van der Waals surface area contributed by atoms with Crippen LogP contribution in [0.2, 0.25) is 0 Å². The summed E-state index contributed by atoms with van der Waals surface area (Å²) in [4.78, 5) is 16.5. The molecule has 1 heterocycles. The van der Waals surface area contributed by atoms with Gasteiger partial charge in [0, 0.05) is 18.5 Å². The highest BCUT2D eigenvalue weighted by molar-refractivity contribution is 7.14. The highest BCUT2D eigenvalue weighted by Crippen LogP contribution is 2.32. The number of fused-ring (bicyclic) bond motifs is 1. The molecule has 1 atom stereocenters. The van der Waals surface area contributed by atoms with E-state index >= 15 is 0 Å². The Hall–Kier alpha value is -0.830. The van der Waals surface area contributed by atoms with Crippen molar-refractivity contribution in [2.75, 3.05) is 13.6 Å². The number of rotatable bonds is 3. The first-order chi connectivity index (χ1) is 8.47. The van der Waals surface area contributed by atoms with E-state index in [9.17, 15) is 4.79 Å². The smallest absolute Gasteiger partial charge is 0.263 e. The monoisotopic (exact) mass is 265 g/mol. The van der Waals surface area contributed by atoms with Crippen molar-refractivity contribution in [3.63, 3.8) is 0 Å². The SMILES string of the molecule is CC(C)CN(C)C(=O)c1cc2c(s1)CCC(C)C2. The summed E-state index contributed by atoms with van der Waals surface area (Å²) in [5.41, 5.74) is 1.42. The van der Waals surface area contributed by atoms with E-state index in [-0.39, 0.29) is 5.91 Å². The Labute approximate surface area is 114 Å². The molecule has 0 radical (unpaired) electrons. The first kappa shape index (κ1) is 13.6. The van der Waals surface area contributed by atoms with Gasteiger partial charge in [-0.15, -0.1) is 11.3 Å². The number of carbonyl (C=O) groups excluding carboxylic acids is 1. The third kappa shape index (κ3) is 2.94. The Kier molecular flexibility index (Phi) is 4.10. The molecule has 0 saturated heterocycles. The fourth-order valence-electron chi connectivity index (χ4n) is 2.63. The summed E-state index contributed by atoms with van der Waals surface area (Å²) in [6.45, 7) is 7.42. The number of hydrogen-bond donors (Lipinski definition) is 0.